The second-order valence-corrected chi connectivity index (χ2v) is 3.95. The SMILES string of the molecule is COC(=O)C[C@H]1C(=O)N(C)[C@@H](CN)C(=O)N1C. The minimum absolute atomic E-state index is 0.0658. The largest absolute Gasteiger partial charge is 0.469 e. The first-order valence-electron chi connectivity index (χ1n) is 5.24. The van der Waals surface area contributed by atoms with E-state index in [0.717, 1.165) is 0 Å². The molecule has 0 aromatic heterocycles. The molecule has 1 aliphatic rings. The molecule has 1 saturated heterocycles. The van der Waals surface area contributed by atoms with Gasteiger partial charge in [-0.15, -0.1) is 0 Å². The first kappa shape index (κ1) is 13.4. The van der Waals surface area contributed by atoms with E-state index in [-0.39, 0.29) is 24.8 Å². The summed E-state index contributed by atoms with van der Waals surface area (Å²) in [6.07, 6.45) is -0.140. The summed E-state index contributed by atoms with van der Waals surface area (Å²) in [4.78, 5) is 37.6. The van der Waals surface area contributed by atoms with Crippen LogP contribution in [0.4, 0.5) is 0 Å². The number of rotatable bonds is 3. The lowest BCUT2D eigenvalue weighted by atomic mass is 10.0. The number of carbonyl (C=O) groups is 3. The number of hydrogen-bond acceptors (Lipinski definition) is 5. The zero-order chi connectivity index (χ0) is 13.2. The van der Waals surface area contributed by atoms with E-state index in [1.807, 2.05) is 0 Å². The van der Waals surface area contributed by atoms with E-state index >= 15 is 0 Å². The molecule has 7 nitrogen and oxygen atoms in total. The number of carbonyl (C=O) groups excluding carboxylic acids is 3. The highest BCUT2D eigenvalue weighted by Gasteiger charge is 2.42. The summed E-state index contributed by atoms with van der Waals surface area (Å²) < 4.78 is 4.50. The number of nitrogens with zero attached hydrogens (tertiary/aromatic N) is 2. The Hall–Kier alpha value is -1.63. The third-order valence-corrected chi connectivity index (χ3v) is 3.01. The van der Waals surface area contributed by atoms with Crippen LogP contribution in [0, 0.1) is 0 Å². The van der Waals surface area contributed by atoms with E-state index in [9.17, 15) is 14.4 Å². The van der Waals surface area contributed by atoms with Crippen LogP contribution in [0.5, 0.6) is 0 Å². The van der Waals surface area contributed by atoms with Crippen molar-refractivity contribution in [1.29, 1.82) is 0 Å². The third-order valence-electron chi connectivity index (χ3n) is 3.01. The van der Waals surface area contributed by atoms with Crippen LogP contribution in [0.2, 0.25) is 0 Å². The normalized spacial score (nSPS) is 25.2. The van der Waals surface area contributed by atoms with Crippen molar-refractivity contribution in [1.82, 2.24) is 9.80 Å². The molecule has 2 atom stereocenters. The summed E-state index contributed by atoms with van der Waals surface area (Å²) in [5.41, 5.74) is 5.45. The van der Waals surface area contributed by atoms with Crippen LogP contribution < -0.4 is 5.73 Å². The molecular formula is C10H17N3O4. The molecule has 17 heavy (non-hydrogen) atoms. The molecule has 0 radical (unpaired) electrons. The van der Waals surface area contributed by atoms with Crippen LogP contribution in [0.3, 0.4) is 0 Å². The Morgan fingerprint density at radius 1 is 1.24 bits per heavy atom. The highest BCUT2D eigenvalue weighted by atomic mass is 16.5. The van der Waals surface area contributed by atoms with Crippen LogP contribution in [0.1, 0.15) is 6.42 Å². The number of likely N-dealkylation sites (N-methyl/N-ethyl adjacent to an activating group) is 2. The van der Waals surface area contributed by atoms with E-state index in [4.69, 9.17) is 5.73 Å². The average Bonchev–Trinajstić information content (AvgIpc) is 2.32. The summed E-state index contributed by atoms with van der Waals surface area (Å²) >= 11 is 0. The Labute approximate surface area is 99.5 Å². The van der Waals surface area contributed by atoms with Gasteiger partial charge >= 0.3 is 5.97 Å². The molecule has 0 saturated carbocycles. The molecule has 1 fully saturated rings. The molecule has 1 aliphatic heterocycles. The van der Waals surface area contributed by atoms with E-state index < -0.39 is 18.1 Å². The van der Waals surface area contributed by atoms with Crippen LogP contribution in [-0.2, 0) is 19.1 Å². The quantitative estimate of drug-likeness (QED) is 0.589. The number of piperazine rings is 1. The third kappa shape index (κ3) is 2.38. The van der Waals surface area contributed by atoms with Crippen molar-refractivity contribution in [3.8, 4) is 0 Å². The maximum absolute atomic E-state index is 12.0. The summed E-state index contributed by atoms with van der Waals surface area (Å²) in [5.74, 6) is -1.08. The predicted octanol–water partition coefficient (Wildman–Crippen LogP) is -1.82. The van der Waals surface area contributed by atoms with Gasteiger partial charge in [-0.25, -0.2) is 0 Å². The number of nitrogens with two attached hydrogens (primary N) is 1. The van der Waals surface area contributed by atoms with Gasteiger partial charge in [0.25, 0.3) is 0 Å². The van der Waals surface area contributed by atoms with Gasteiger partial charge in [-0.2, -0.15) is 0 Å². The fourth-order valence-corrected chi connectivity index (χ4v) is 1.83. The monoisotopic (exact) mass is 243 g/mol. The molecule has 2 N–H and O–H groups in total. The van der Waals surface area contributed by atoms with Gasteiger partial charge in [0, 0.05) is 20.6 Å². The van der Waals surface area contributed by atoms with Gasteiger partial charge in [0.2, 0.25) is 11.8 Å². The Morgan fingerprint density at radius 2 is 1.71 bits per heavy atom. The lowest BCUT2D eigenvalue weighted by Crippen LogP contribution is -2.64. The molecule has 96 valence electrons. The number of hydrogen-bond donors (Lipinski definition) is 1. The van der Waals surface area contributed by atoms with Gasteiger partial charge < -0.3 is 20.3 Å². The van der Waals surface area contributed by atoms with E-state index in [0.29, 0.717) is 0 Å². The van der Waals surface area contributed by atoms with Crippen molar-refractivity contribution in [2.45, 2.75) is 18.5 Å². The molecule has 0 aliphatic carbocycles. The Balaban J connectivity index is 2.89. The maximum Gasteiger partial charge on any atom is 0.308 e. The second-order valence-electron chi connectivity index (χ2n) is 3.95. The fraction of sp³-hybridized carbons (Fsp3) is 0.700. The zero-order valence-electron chi connectivity index (χ0n) is 10.2. The van der Waals surface area contributed by atoms with E-state index in [1.165, 1.54) is 31.0 Å². The summed E-state index contributed by atoms with van der Waals surface area (Å²) in [6, 6.07) is -1.45. The van der Waals surface area contributed by atoms with Crippen LogP contribution in [-0.4, -0.2) is 67.4 Å². The van der Waals surface area contributed by atoms with Gasteiger partial charge in [0.15, 0.2) is 0 Å². The molecule has 1 rings (SSSR count). The molecule has 0 spiro atoms. The van der Waals surface area contributed by atoms with Crippen molar-refractivity contribution in [3.63, 3.8) is 0 Å². The van der Waals surface area contributed by atoms with Crippen molar-refractivity contribution in [2.24, 2.45) is 5.73 Å². The highest BCUT2D eigenvalue weighted by Crippen LogP contribution is 2.17. The minimum atomic E-state index is -0.803. The number of methoxy groups -OCH3 is 1. The first-order chi connectivity index (χ1) is 7.93. The summed E-state index contributed by atoms with van der Waals surface area (Å²) in [7, 11) is 4.24. The van der Waals surface area contributed by atoms with E-state index in [2.05, 4.69) is 4.74 Å². The molecule has 0 unspecified atom stereocenters. The van der Waals surface area contributed by atoms with Crippen LogP contribution in [0.25, 0.3) is 0 Å². The van der Waals surface area contributed by atoms with Crippen molar-refractivity contribution in [2.75, 3.05) is 27.7 Å². The van der Waals surface area contributed by atoms with Gasteiger partial charge in [-0.05, 0) is 0 Å². The number of esters is 1. The number of amides is 2. The highest BCUT2D eigenvalue weighted by molar-refractivity contribution is 5.98. The standard InChI is InChI=1S/C10H17N3O4/c1-12-6(4-8(14)17-3)9(15)13(2)7(5-11)10(12)16/h6-7H,4-5,11H2,1-3H3/t6-,7-/m0/s1. The second kappa shape index (κ2) is 5.13. The molecule has 7 heteroatoms. The minimum Gasteiger partial charge on any atom is -0.469 e. The molecule has 0 bridgehead atoms. The Morgan fingerprint density at radius 3 is 2.18 bits per heavy atom. The smallest absolute Gasteiger partial charge is 0.308 e. The van der Waals surface area contributed by atoms with Crippen molar-refractivity contribution in [3.05, 3.63) is 0 Å². The van der Waals surface area contributed by atoms with Crippen LogP contribution >= 0.6 is 0 Å². The summed E-state index contributed by atoms with van der Waals surface area (Å²) in [6.45, 7) is 0.0658. The lowest BCUT2D eigenvalue weighted by molar-refractivity contribution is -0.161. The first-order valence-corrected chi connectivity index (χ1v) is 5.24. The molecule has 1 heterocycles. The van der Waals surface area contributed by atoms with E-state index in [1.54, 1.807) is 0 Å². The lowest BCUT2D eigenvalue weighted by Gasteiger charge is -2.41. The Bertz CT molecular complexity index is 344. The van der Waals surface area contributed by atoms with Gasteiger partial charge in [-0.3, -0.25) is 14.4 Å². The zero-order valence-corrected chi connectivity index (χ0v) is 10.2. The van der Waals surface area contributed by atoms with Gasteiger partial charge in [-0.1, -0.05) is 0 Å². The molecular weight excluding hydrogens is 226 g/mol. The topological polar surface area (TPSA) is 92.9 Å². The molecule has 2 amide bonds. The number of ether oxygens (including phenoxy) is 1. The fourth-order valence-electron chi connectivity index (χ4n) is 1.83. The van der Waals surface area contributed by atoms with Crippen LogP contribution in [0.15, 0.2) is 0 Å². The molecule has 0 aromatic carbocycles. The Kier molecular flexibility index (Phi) is 4.06. The molecule has 0 aromatic rings. The van der Waals surface area contributed by atoms with Gasteiger partial charge in [0.05, 0.1) is 13.5 Å². The van der Waals surface area contributed by atoms with Crippen molar-refractivity contribution >= 4 is 17.8 Å². The maximum atomic E-state index is 12.0. The van der Waals surface area contributed by atoms with Crippen molar-refractivity contribution < 1.29 is 19.1 Å². The van der Waals surface area contributed by atoms with Gasteiger partial charge in [0.1, 0.15) is 12.1 Å². The average molecular weight is 243 g/mol. The predicted molar refractivity (Wildman–Crippen MR) is 58.8 cm³/mol. The summed E-state index contributed by atoms with van der Waals surface area (Å²) in [5, 5.41) is 0.